The van der Waals surface area contributed by atoms with E-state index < -0.39 is 23.8 Å². The molecular formula is C15H14F3NO3. The summed E-state index contributed by atoms with van der Waals surface area (Å²) in [5, 5.41) is 12.3. The van der Waals surface area contributed by atoms with Crippen LogP contribution in [-0.4, -0.2) is 17.6 Å². The van der Waals surface area contributed by atoms with E-state index >= 15 is 0 Å². The molecule has 0 aliphatic heterocycles. The minimum Gasteiger partial charge on any atom is -0.467 e. The zero-order valence-corrected chi connectivity index (χ0v) is 11.4. The molecule has 0 unspecified atom stereocenters. The Morgan fingerprint density at radius 2 is 1.91 bits per heavy atom. The summed E-state index contributed by atoms with van der Waals surface area (Å²) in [4.78, 5) is 11.8. The number of hydrogen-bond acceptors (Lipinski definition) is 3. The van der Waals surface area contributed by atoms with E-state index in [0.29, 0.717) is 5.76 Å². The van der Waals surface area contributed by atoms with Crippen molar-refractivity contribution in [1.29, 1.82) is 0 Å². The third kappa shape index (κ3) is 4.11. The van der Waals surface area contributed by atoms with Gasteiger partial charge in [-0.1, -0.05) is 0 Å². The monoisotopic (exact) mass is 313 g/mol. The van der Waals surface area contributed by atoms with E-state index in [0.717, 1.165) is 24.3 Å². The molecule has 1 amide bonds. The van der Waals surface area contributed by atoms with Gasteiger partial charge in [0.05, 0.1) is 11.8 Å². The van der Waals surface area contributed by atoms with Gasteiger partial charge in [0.25, 0.3) is 5.91 Å². The van der Waals surface area contributed by atoms with Crippen molar-refractivity contribution in [3.8, 4) is 0 Å². The van der Waals surface area contributed by atoms with Crippen LogP contribution in [0.15, 0.2) is 47.1 Å². The largest absolute Gasteiger partial charge is 0.467 e. The lowest BCUT2D eigenvalue weighted by molar-refractivity contribution is -0.137. The zero-order valence-electron chi connectivity index (χ0n) is 11.4. The van der Waals surface area contributed by atoms with Crippen LogP contribution >= 0.6 is 0 Å². The molecule has 0 aliphatic rings. The Bertz CT molecular complexity index is 606. The summed E-state index contributed by atoms with van der Waals surface area (Å²) < 4.78 is 42.2. The summed E-state index contributed by atoms with van der Waals surface area (Å²) in [5.41, 5.74) is -0.683. The van der Waals surface area contributed by atoms with Crippen molar-refractivity contribution < 1.29 is 27.5 Å². The van der Waals surface area contributed by atoms with Gasteiger partial charge in [0, 0.05) is 12.1 Å². The fourth-order valence-electron chi connectivity index (χ4n) is 1.86. The van der Waals surface area contributed by atoms with Gasteiger partial charge in [-0.15, -0.1) is 0 Å². The maximum Gasteiger partial charge on any atom is 0.416 e. The van der Waals surface area contributed by atoms with Crippen LogP contribution in [0.4, 0.5) is 13.2 Å². The number of aliphatic hydroxyl groups is 1. The third-order valence-electron chi connectivity index (χ3n) is 3.05. The van der Waals surface area contributed by atoms with Gasteiger partial charge in [-0.05, 0) is 42.8 Å². The normalized spacial score (nSPS) is 12.9. The SMILES string of the molecule is O=C(NCC[C@H](O)c1ccco1)c1ccc(C(F)(F)F)cc1. The molecule has 0 saturated heterocycles. The second kappa shape index (κ2) is 6.65. The summed E-state index contributed by atoms with van der Waals surface area (Å²) >= 11 is 0. The van der Waals surface area contributed by atoms with Crippen LogP contribution < -0.4 is 5.32 Å². The predicted molar refractivity (Wildman–Crippen MR) is 72.1 cm³/mol. The molecule has 0 saturated carbocycles. The molecule has 2 N–H and O–H groups in total. The maximum atomic E-state index is 12.4. The van der Waals surface area contributed by atoms with E-state index in [4.69, 9.17) is 4.42 Å². The molecule has 7 heteroatoms. The van der Waals surface area contributed by atoms with E-state index in [1.54, 1.807) is 12.1 Å². The number of rotatable bonds is 5. The zero-order chi connectivity index (χ0) is 16.2. The lowest BCUT2D eigenvalue weighted by Crippen LogP contribution is -2.25. The molecule has 22 heavy (non-hydrogen) atoms. The summed E-state index contributed by atoms with van der Waals surface area (Å²) in [6.07, 6.45) is -3.61. The number of furan rings is 1. The van der Waals surface area contributed by atoms with Crippen LogP contribution in [0.2, 0.25) is 0 Å². The van der Waals surface area contributed by atoms with Crippen molar-refractivity contribution in [3.05, 3.63) is 59.5 Å². The molecular weight excluding hydrogens is 299 g/mol. The average molecular weight is 313 g/mol. The molecule has 1 heterocycles. The highest BCUT2D eigenvalue weighted by atomic mass is 19.4. The van der Waals surface area contributed by atoms with Gasteiger partial charge in [-0.3, -0.25) is 4.79 Å². The van der Waals surface area contributed by atoms with Gasteiger partial charge in [-0.25, -0.2) is 0 Å². The summed E-state index contributed by atoms with van der Waals surface area (Å²) in [5.74, 6) is -0.107. The highest BCUT2D eigenvalue weighted by Crippen LogP contribution is 2.29. The van der Waals surface area contributed by atoms with Crippen LogP contribution in [0.25, 0.3) is 0 Å². The number of amides is 1. The number of alkyl halides is 3. The third-order valence-corrected chi connectivity index (χ3v) is 3.05. The van der Waals surface area contributed by atoms with Crippen LogP contribution in [0.5, 0.6) is 0 Å². The molecule has 0 radical (unpaired) electrons. The quantitative estimate of drug-likeness (QED) is 0.891. The predicted octanol–water partition coefficient (Wildman–Crippen LogP) is 3.15. The van der Waals surface area contributed by atoms with Gasteiger partial charge >= 0.3 is 6.18 Å². The second-order valence-electron chi connectivity index (χ2n) is 4.65. The molecule has 118 valence electrons. The van der Waals surface area contributed by atoms with Crippen molar-refractivity contribution in [2.45, 2.75) is 18.7 Å². The van der Waals surface area contributed by atoms with Crippen LogP contribution in [-0.2, 0) is 6.18 Å². The molecule has 1 atom stereocenters. The van der Waals surface area contributed by atoms with E-state index in [1.165, 1.54) is 6.26 Å². The standard InChI is InChI=1S/C15H14F3NO3/c16-15(17,18)11-5-3-10(4-6-11)14(21)19-8-7-12(20)13-2-1-9-22-13/h1-6,9,12,20H,7-8H2,(H,19,21)/t12-/m0/s1. The Kier molecular flexibility index (Phi) is 4.87. The lowest BCUT2D eigenvalue weighted by Gasteiger charge is -2.10. The Morgan fingerprint density at radius 1 is 1.23 bits per heavy atom. The van der Waals surface area contributed by atoms with Crippen molar-refractivity contribution in [1.82, 2.24) is 5.32 Å². The molecule has 1 aromatic heterocycles. The van der Waals surface area contributed by atoms with Crippen LogP contribution in [0, 0.1) is 0 Å². The van der Waals surface area contributed by atoms with Crippen molar-refractivity contribution in [3.63, 3.8) is 0 Å². The average Bonchev–Trinajstić information content (AvgIpc) is 3.00. The van der Waals surface area contributed by atoms with E-state index in [1.807, 2.05) is 0 Å². The molecule has 0 aliphatic carbocycles. The maximum absolute atomic E-state index is 12.4. The van der Waals surface area contributed by atoms with E-state index in [9.17, 15) is 23.1 Å². The number of nitrogens with one attached hydrogen (secondary N) is 1. The van der Waals surface area contributed by atoms with Crippen LogP contribution in [0.3, 0.4) is 0 Å². The first-order chi connectivity index (χ1) is 10.4. The smallest absolute Gasteiger partial charge is 0.416 e. The molecule has 2 rings (SSSR count). The summed E-state index contributed by atoms with van der Waals surface area (Å²) in [6, 6.07) is 7.18. The number of halogens is 3. The first kappa shape index (κ1) is 16.1. The Hall–Kier alpha value is -2.28. The van der Waals surface area contributed by atoms with Gasteiger partial charge in [-0.2, -0.15) is 13.2 Å². The Labute approximate surface area is 124 Å². The summed E-state index contributed by atoms with van der Waals surface area (Å²) in [7, 11) is 0. The van der Waals surface area contributed by atoms with Crippen molar-refractivity contribution in [2.75, 3.05) is 6.54 Å². The lowest BCUT2D eigenvalue weighted by atomic mass is 10.1. The number of carbonyl (C=O) groups is 1. The first-order valence-corrected chi connectivity index (χ1v) is 6.55. The number of hydrogen-bond donors (Lipinski definition) is 2. The van der Waals surface area contributed by atoms with E-state index in [2.05, 4.69) is 5.32 Å². The number of benzene rings is 1. The van der Waals surface area contributed by atoms with Gasteiger partial charge in [0.15, 0.2) is 0 Å². The molecule has 4 nitrogen and oxygen atoms in total. The second-order valence-corrected chi connectivity index (χ2v) is 4.65. The highest BCUT2D eigenvalue weighted by molar-refractivity contribution is 5.94. The topological polar surface area (TPSA) is 62.5 Å². The molecule has 0 spiro atoms. The highest BCUT2D eigenvalue weighted by Gasteiger charge is 2.30. The summed E-state index contributed by atoms with van der Waals surface area (Å²) in [6.45, 7) is 0.168. The molecule has 1 aromatic carbocycles. The molecule has 2 aromatic rings. The first-order valence-electron chi connectivity index (χ1n) is 6.55. The van der Waals surface area contributed by atoms with Gasteiger partial charge in [0.2, 0.25) is 0 Å². The van der Waals surface area contributed by atoms with E-state index in [-0.39, 0.29) is 18.5 Å². The van der Waals surface area contributed by atoms with Crippen LogP contribution in [0.1, 0.15) is 34.2 Å². The minimum absolute atomic E-state index is 0.125. The number of aliphatic hydroxyl groups excluding tert-OH is 1. The number of carbonyl (C=O) groups excluding carboxylic acids is 1. The van der Waals surface area contributed by atoms with Crippen molar-refractivity contribution >= 4 is 5.91 Å². The Balaban J connectivity index is 1.85. The van der Waals surface area contributed by atoms with Crippen molar-refractivity contribution in [2.24, 2.45) is 0 Å². The Morgan fingerprint density at radius 3 is 2.45 bits per heavy atom. The molecule has 0 fully saturated rings. The fraction of sp³-hybridized carbons (Fsp3) is 0.267. The van der Waals surface area contributed by atoms with Gasteiger partial charge < -0.3 is 14.8 Å². The minimum atomic E-state index is -4.43. The van der Waals surface area contributed by atoms with Gasteiger partial charge in [0.1, 0.15) is 11.9 Å². The fourth-order valence-corrected chi connectivity index (χ4v) is 1.86. The molecule has 0 bridgehead atoms.